The van der Waals surface area contributed by atoms with Crippen molar-refractivity contribution in [3.8, 4) is 0 Å². The molecule has 1 aliphatic rings. The van der Waals surface area contributed by atoms with Crippen LogP contribution in [0.2, 0.25) is 0 Å². The Morgan fingerprint density at radius 3 is 2.50 bits per heavy atom. The molecule has 0 aliphatic carbocycles. The van der Waals surface area contributed by atoms with Crippen molar-refractivity contribution >= 4 is 11.9 Å². The molecule has 0 spiro atoms. The lowest BCUT2D eigenvalue weighted by molar-refractivity contribution is -0.125. The molecule has 0 bridgehead atoms. The van der Waals surface area contributed by atoms with Crippen LogP contribution < -0.4 is 5.32 Å². The first-order valence-electron chi connectivity index (χ1n) is 4.71. The first-order chi connectivity index (χ1) is 6.50. The third kappa shape index (κ3) is 1.87. The van der Waals surface area contributed by atoms with Crippen molar-refractivity contribution in [1.82, 2.24) is 10.2 Å². The zero-order chi connectivity index (χ0) is 10.8. The first kappa shape index (κ1) is 11.0. The van der Waals surface area contributed by atoms with Crippen LogP contribution in [0.5, 0.6) is 0 Å². The fraction of sp³-hybridized carbons (Fsp3) is 0.778. The van der Waals surface area contributed by atoms with Crippen LogP contribution in [0, 0.1) is 0 Å². The molecule has 14 heavy (non-hydrogen) atoms. The largest absolute Gasteiger partial charge is 0.380 e. The molecular weight excluding hydrogens is 184 g/mol. The number of carbonyl (C=O) groups is 2. The number of rotatable bonds is 4. The lowest BCUT2D eigenvalue weighted by Gasteiger charge is -2.27. The standard InChI is InChI=1S/C9H16N2O3/c1-4-14-6-5-11-8(13)10-7(12)9(11,2)3/h4-6H2,1-3H3,(H,10,12,13). The molecule has 1 saturated heterocycles. The minimum Gasteiger partial charge on any atom is -0.380 e. The number of imide groups is 1. The SMILES string of the molecule is CCOCCN1C(=O)NC(=O)C1(C)C. The van der Waals surface area contributed by atoms with Gasteiger partial charge in [0.25, 0.3) is 5.91 Å². The summed E-state index contributed by atoms with van der Waals surface area (Å²) in [7, 11) is 0. The number of urea groups is 1. The van der Waals surface area contributed by atoms with Gasteiger partial charge in [0.2, 0.25) is 0 Å². The number of nitrogens with one attached hydrogen (secondary N) is 1. The molecule has 1 N–H and O–H groups in total. The Bertz CT molecular complexity index is 250. The second kappa shape index (κ2) is 3.96. The van der Waals surface area contributed by atoms with E-state index >= 15 is 0 Å². The Labute approximate surface area is 83.4 Å². The fourth-order valence-electron chi connectivity index (χ4n) is 1.38. The molecule has 0 aromatic heterocycles. The molecule has 0 radical (unpaired) electrons. The van der Waals surface area contributed by atoms with Gasteiger partial charge in [-0.25, -0.2) is 4.79 Å². The fourth-order valence-corrected chi connectivity index (χ4v) is 1.38. The third-order valence-corrected chi connectivity index (χ3v) is 2.36. The number of ether oxygens (including phenoxy) is 1. The number of hydrogen-bond acceptors (Lipinski definition) is 3. The van der Waals surface area contributed by atoms with Gasteiger partial charge in [-0.1, -0.05) is 0 Å². The Hall–Kier alpha value is -1.10. The monoisotopic (exact) mass is 200 g/mol. The van der Waals surface area contributed by atoms with Crippen LogP contribution in [-0.2, 0) is 9.53 Å². The van der Waals surface area contributed by atoms with E-state index in [-0.39, 0.29) is 11.9 Å². The van der Waals surface area contributed by atoms with E-state index in [1.807, 2.05) is 6.92 Å². The van der Waals surface area contributed by atoms with E-state index in [0.29, 0.717) is 19.8 Å². The topological polar surface area (TPSA) is 58.6 Å². The van der Waals surface area contributed by atoms with E-state index in [1.165, 1.54) is 4.90 Å². The molecule has 0 unspecified atom stereocenters. The van der Waals surface area contributed by atoms with Crippen LogP contribution in [0.15, 0.2) is 0 Å². The van der Waals surface area contributed by atoms with Crippen LogP contribution in [-0.4, -0.2) is 42.1 Å². The highest BCUT2D eigenvalue weighted by Gasteiger charge is 2.44. The summed E-state index contributed by atoms with van der Waals surface area (Å²) in [6, 6.07) is -0.334. The molecule has 3 amide bonds. The molecule has 5 nitrogen and oxygen atoms in total. The van der Waals surface area contributed by atoms with Gasteiger partial charge < -0.3 is 9.64 Å². The summed E-state index contributed by atoms with van der Waals surface area (Å²) in [6.07, 6.45) is 0. The molecule has 1 aliphatic heterocycles. The van der Waals surface area contributed by atoms with E-state index in [4.69, 9.17) is 4.74 Å². The van der Waals surface area contributed by atoms with Crippen LogP contribution in [0.1, 0.15) is 20.8 Å². The Balaban J connectivity index is 2.58. The average molecular weight is 200 g/mol. The van der Waals surface area contributed by atoms with Gasteiger partial charge in [-0.05, 0) is 20.8 Å². The van der Waals surface area contributed by atoms with E-state index in [1.54, 1.807) is 13.8 Å². The number of amides is 3. The summed E-state index contributed by atoms with van der Waals surface area (Å²) in [5.41, 5.74) is -0.756. The van der Waals surface area contributed by atoms with Crippen molar-refractivity contribution < 1.29 is 14.3 Å². The molecule has 1 heterocycles. The summed E-state index contributed by atoms with van der Waals surface area (Å²) in [5, 5.41) is 2.28. The summed E-state index contributed by atoms with van der Waals surface area (Å²) >= 11 is 0. The minimum atomic E-state index is -0.756. The van der Waals surface area contributed by atoms with Crippen LogP contribution in [0.25, 0.3) is 0 Å². The van der Waals surface area contributed by atoms with E-state index < -0.39 is 5.54 Å². The molecule has 0 aromatic carbocycles. The first-order valence-corrected chi connectivity index (χ1v) is 4.71. The minimum absolute atomic E-state index is 0.251. The molecule has 5 heteroatoms. The van der Waals surface area contributed by atoms with Gasteiger partial charge in [0.15, 0.2) is 0 Å². The van der Waals surface area contributed by atoms with E-state index in [0.717, 1.165) is 0 Å². The van der Waals surface area contributed by atoms with Crippen LogP contribution >= 0.6 is 0 Å². The quantitative estimate of drug-likeness (QED) is 0.526. The smallest absolute Gasteiger partial charge is 0.325 e. The maximum Gasteiger partial charge on any atom is 0.325 e. The second-order valence-electron chi connectivity index (χ2n) is 3.67. The van der Waals surface area contributed by atoms with Crippen LogP contribution in [0.3, 0.4) is 0 Å². The van der Waals surface area contributed by atoms with Crippen molar-refractivity contribution in [2.45, 2.75) is 26.3 Å². The molecule has 80 valence electrons. The molecule has 0 aromatic rings. The van der Waals surface area contributed by atoms with Gasteiger partial charge >= 0.3 is 6.03 Å². The predicted octanol–water partition coefficient (Wildman–Crippen LogP) is 0.353. The number of hydrogen-bond donors (Lipinski definition) is 1. The van der Waals surface area contributed by atoms with Crippen molar-refractivity contribution in [2.75, 3.05) is 19.8 Å². The van der Waals surface area contributed by atoms with Gasteiger partial charge in [0.1, 0.15) is 5.54 Å². The summed E-state index contributed by atoms with van der Waals surface area (Å²) < 4.78 is 5.14. The maximum atomic E-state index is 11.3. The number of nitrogens with zero attached hydrogens (tertiary/aromatic N) is 1. The third-order valence-electron chi connectivity index (χ3n) is 2.36. The summed E-state index contributed by atoms with van der Waals surface area (Å²) in [6.45, 7) is 6.85. The average Bonchev–Trinajstić information content (AvgIpc) is 2.28. The van der Waals surface area contributed by atoms with Gasteiger partial charge in [-0.15, -0.1) is 0 Å². The van der Waals surface area contributed by atoms with Gasteiger partial charge in [0, 0.05) is 13.2 Å². The zero-order valence-electron chi connectivity index (χ0n) is 8.79. The molecular formula is C9H16N2O3. The summed E-state index contributed by atoms with van der Waals surface area (Å²) in [4.78, 5) is 24.2. The van der Waals surface area contributed by atoms with Gasteiger partial charge in [-0.2, -0.15) is 0 Å². The predicted molar refractivity (Wildman–Crippen MR) is 50.8 cm³/mol. The highest BCUT2D eigenvalue weighted by molar-refractivity contribution is 6.06. The van der Waals surface area contributed by atoms with E-state index in [2.05, 4.69) is 5.32 Å². The maximum absolute atomic E-state index is 11.3. The lowest BCUT2D eigenvalue weighted by Crippen LogP contribution is -2.45. The molecule has 0 saturated carbocycles. The number of carbonyl (C=O) groups excluding carboxylic acids is 2. The van der Waals surface area contributed by atoms with Crippen molar-refractivity contribution in [3.63, 3.8) is 0 Å². The highest BCUT2D eigenvalue weighted by atomic mass is 16.5. The Kier molecular flexibility index (Phi) is 3.10. The highest BCUT2D eigenvalue weighted by Crippen LogP contribution is 2.19. The Morgan fingerprint density at radius 1 is 1.43 bits per heavy atom. The van der Waals surface area contributed by atoms with Crippen molar-refractivity contribution in [2.24, 2.45) is 0 Å². The second-order valence-corrected chi connectivity index (χ2v) is 3.67. The lowest BCUT2D eigenvalue weighted by atomic mass is 10.1. The van der Waals surface area contributed by atoms with Gasteiger partial charge in [0.05, 0.1) is 6.61 Å². The molecule has 0 atom stereocenters. The van der Waals surface area contributed by atoms with Crippen molar-refractivity contribution in [3.05, 3.63) is 0 Å². The molecule has 1 fully saturated rings. The van der Waals surface area contributed by atoms with Gasteiger partial charge in [-0.3, -0.25) is 10.1 Å². The Morgan fingerprint density at radius 2 is 2.07 bits per heavy atom. The van der Waals surface area contributed by atoms with Crippen molar-refractivity contribution in [1.29, 1.82) is 0 Å². The molecule has 1 rings (SSSR count). The normalized spacial score (nSPS) is 20.1. The van der Waals surface area contributed by atoms with E-state index in [9.17, 15) is 9.59 Å². The summed E-state index contributed by atoms with van der Waals surface area (Å²) in [5.74, 6) is -0.251. The zero-order valence-corrected chi connectivity index (χ0v) is 8.79. The van der Waals surface area contributed by atoms with Crippen LogP contribution in [0.4, 0.5) is 4.79 Å².